The molecule has 4 fully saturated rings. The van der Waals surface area contributed by atoms with Gasteiger partial charge in [-0.1, -0.05) is 30.3 Å². The van der Waals surface area contributed by atoms with Gasteiger partial charge in [-0.05, 0) is 92.4 Å². The number of fused-ring (bicyclic) bond motifs is 1. The Morgan fingerprint density at radius 3 is 2.06 bits per heavy atom. The van der Waals surface area contributed by atoms with Gasteiger partial charge < -0.3 is 0 Å². The lowest BCUT2D eigenvalue weighted by Gasteiger charge is -2.54. The number of carbonyl (C=O) groups excluding carboxylic acids is 2. The van der Waals surface area contributed by atoms with E-state index in [1.165, 1.54) is 32.1 Å². The van der Waals surface area contributed by atoms with E-state index in [1.54, 1.807) is 9.91 Å². The maximum Gasteiger partial charge on any atom is 0.250 e. The van der Waals surface area contributed by atoms with Gasteiger partial charge in [-0.25, -0.2) is 10.4 Å². The maximum absolute atomic E-state index is 13.1. The second kappa shape index (κ2) is 8.04. The highest BCUT2D eigenvalue weighted by Crippen LogP contribution is 2.57. The van der Waals surface area contributed by atoms with Crippen molar-refractivity contribution in [1.82, 2.24) is 5.43 Å². The summed E-state index contributed by atoms with van der Waals surface area (Å²) < 4.78 is 0. The third kappa shape index (κ3) is 3.43. The summed E-state index contributed by atoms with van der Waals surface area (Å²) in [7, 11) is 0. The molecular weight excluding hydrogens is 398 g/mol. The number of amides is 2. The normalized spacial score (nSPS) is 31.1. The van der Waals surface area contributed by atoms with E-state index in [0.29, 0.717) is 0 Å². The van der Waals surface area contributed by atoms with Gasteiger partial charge in [0.25, 0.3) is 5.91 Å². The molecule has 0 saturated heterocycles. The van der Waals surface area contributed by atoms with E-state index in [2.05, 4.69) is 5.43 Å². The number of anilines is 3. The average Bonchev–Trinajstić information content (AvgIpc) is 2.89. The second-order valence-corrected chi connectivity index (χ2v) is 10.3. The van der Waals surface area contributed by atoms with E-state index in [4.69, 9.17) is 0 Å². The van der Waals surface area contributed by atoms with Crippen LogP contribution >= 0.6 is 0 Å². The van der Waals surface area contributed by atoms with Gasteiger partial charge in [0, 0.05) is 12.2 Å². The molecule has 2 amide bonds. The predicted octanol–water partition coefficient (Wildman–Crippen LogP) is 5.06. The summed E-state index contributed by atoms with van der Waals surface area (Å²) in [6.45, 7) is 0.770. The highest BCUT2D eigenvalue weighted by Gasteiger charge is 2.47. The molecule has 0 aromatic heterocycles. The summed E-state index contributed by atoms with van der Waals surface area (Å²) in [5.74, 6) is 4.14. The van der Waals surface area contributed by atoms with Crippen LogP contribution in [0.25, 0.3) is 0 Å². The molecule has 166 valence electrons. The number of nitrogens with zero attached hydrogens (tertiary/aromatic N) is 2. The van der Waals surface area contributed by atoms with E-state index in [-0.39, 0.29) is 18.2 Å². The molecule has 0 radical (unpaired) electrons. The van der Waals surface area contributed by atoms with Crippen LogP contribution < -0.4 is 15.3 Å². The maximum atomic E-state index is 13.1. The van der Waals surface area contributed by atoms with E-state index in [1.807, 2.05) is 54.6 Å². The van der Waals surface area contributed by atoms with Gasteiger partial charge in [0.1, 0.15) is 6.42 Å². The number of hydrogen-bond acceptors (Lipinski definition) is 3. The monoisotopic (exact) mass is 429 g/mol. The Hall–Kier alpha value is -2.66. The Bertz CT molecular complexity index is 993. The van der Waals surface area contributed by atoms with Gasteiger partial charge in [0.05, 0.1) is 11.4 Å². The van der Waals surface area contributed by atoms with Gasteiger partial charge in [-0.3, -0.25) is 14.5 Å². The average molecular weight is 430 g/mol. The molecule has 1 N–H and O–H groups in total. The zero-order valence-electron chi connectivity index (χ0n) is 18.5. The van der Waals surface area contributed by atoms with Gasteiger partial charge >= 0.3 is 0 Å². The number of benzene rings is 2. The molecule has 0 unspecified atom stereocenters. The molecule has 5 heteroatoms. The first-order chi connectivity index (χ1) is 15.7. The SMILES string of the molecule is O=C1CC(=O)N(c2ccccc2)c2ccccc2N1NCCC1C2CC3CC(C2)CC1C3. The van der Waals surface area contributed by atoms with Crippen molar-refractivity contribution in [3.63, 3.8) is 0 Å². The Kier molecular flexibility index (Phi) is 5.02. The largest absolute Gasteiger partial charge is 0.278 e. The summed E-state index contributed by atoms with van der Waals surface area (Å²) in [5, 5.41) is 1.63. The Balaban J connectivity index is 1.22. The minimum atomic E-state index is -0.195. The number of hydrogen-bond donors (Lipinski definition) is 1. The standard InChI is InChI=1S/C27H31N3O2/c31-26-17-27(32)30(25-9-5-4-8-24(25)29(26)22-6-2-1-3-7-22)28-11-10-23-20-13-18-12-19(15-20)16-21(23)14-18/h1-9,18-21,23,28H,10-17H2. The molecule has 2 aromatic rings. The highest BCUT2D eigenvalue weighted by atomic mass is 16.2. The summed E-state index contributed by atoms with van der Waals surface area (Å²) in [5.41, 5.74) is 5.70. The molecule has 32 heavy (non-hydrogen) atoms. The highest BCUT2D eigenvalue weighted by molar-refractivity contribution is 6.17. The van der Waals surface area contributed by atoms with E-state index < -0.39 is 0 Å². The lowest BCUT2D eigenvalue weighted by Crippen LogP contribution is -2.48. The third-order valence-electron chi connectivity index (χ3n) is 8.35. The first-order valence-corrected chi connectivity index (χ1v) is 12.2. The zero-order chi connectivity index (χ0) is 21.7. The van der Waals surface area contributed by atoms with Crippen molar-refractivity contribution in [3.8, 4) is 0 Å². The Morgan fingerprint density at radius 1 is 0.750 bits per heavy atom. The van der Waals surface area contributed by atoms with Crippen LogP contribution in [0.3, 0.4) is 0 Å². The number of nitrogens with one attached hydrogen (secondary N) is 1. The first-order valence-electron chi connectivity index (χ1n) is 12.2. The number of carbonyl (C=O) groups is 2. The zero-order valence-corrected chi connectivity index (χ0v) is 18.5. The topological polar surface area (TPSA) is 52.7 Å². The lowest BCUT2D eigenvalue weighted by molar-refractivity contribution is -0.126. The molecule has 2 aromatic carbocycles. The van der Waals surface area contributed by atoms with Crippen molar-refractivity contribution in [1.29, 1.82) is 0 Å². The number of hydrazine groups is 1. The van der Waals surface area contributed by atoms with Crippen LogP contribution in [0.15, 0.2) is 54.6 Å². The van der Waals surface area contributed by atoms with E-state index >= 15 is 0 Å². The fraction of sp³-hybridized carbons (Fsp3) is 0.481. The molecule has 5 aliphatic rings. The quantitative estimate of drug-likeness (QED) is 0.677. The molecule has 5 nitrogen and oxygen atoms in total. The van der Waals surface area contributed by atoms with Crippen LogP contribution in [0.5, 0.6) is 0 Å². The van der Waals surface area contributed by atoms with Crippen LogP contribution in [0, 0.1) is 29.6 Å². The summed E-state index contributed by atoms with van der Waals surface area (Å²) >= 11 is 0. The molecule has 1 aliphatic heterocycles. The molecular formula is C27H31N3O2. The van der Waals surface area contributed by atoms with E-state index in [9.17, 15) is 9.59 Å². The summed E-state index contributed by atoms with van der Waals surface area (Å²) in [4.78, 5) is 27.9. The van der Waals surface area contributed by atoms with Crippen LogP contribution in [0.1, 0.15) is 44.9 Å². The fourth-order valence-electron chi connectivity index (χ4n) is 7.28. The van der Waals surface area contributed by atoms with Crippen LogP contribution in [0.4, 0.5) is 17.1 Å². The van der Waals surface area contributed by atoms with Crippen molar-refractivity contribution >= 4 is 28.9 Å². The molecule has 4 saturated carbocycles. The Labute approximate surface area is 189 Å². The molecule has 1 heterocycles. The van der Waals surface area contributed by atoms with Gasteiger partial charge in [-0.2, -0.15) is 0 Å². The summed E-state index contributed by atoms with van der Waals surface area (Å²) in [6.07, 6.45) is 8.12. The predicted molar refractivity (Wildman–Crippen MR) is 125 cm³/mol. The van der Waals surface area contributed by atoms with Gasteiger partial charge in [0.2, 0.25) is 5.91 Å². The van der Waals surface area contributed by atoms with E-state index in [0.717, 1.165) is 59.6 Å². The van der Waals surface area contributed by atoms with Crippen molar-refractivity contribution in [2.45, 2.75) is 44.9 Å². The van der Waals surface area contributed by atoms with Crippen molar-refractivity contribution in [2.24, 2.45) is 29.6 Å². The molecule has 4 aliphatic carbocycles. The fourth-order valence-corrected chi connectivity index (χ4v) is 7.28. The lowest BCUT2D eigenvalue weighted by atomic mass is 9.51. The molecule has 0 spiro atoms. The second-order valence-electron chi connectivity index (χ2n) is 10.3. The molecule has 0 atom stereocenters. The van der Waals surface area contributed by atoms with Crippen LogP contribution in [-0.2, 0) is 9.59 Å². The number of rotatable bonds is 5. The first kappa shape index (κ1) is 20.0. The van der Waals surface area contributed by atoms with Gasteiger partial charge in [0.15, 0.2) is 0 Å². The van der Waals surface area contributed by atoms with Crippen molar-refractivity contribution < 1.29 is 9.59 Å². The van der Waals surface area contributed by atoms with Crippen molar-refractivity contribution in [3.05, 3.63) is 54.6 Å². The van der Waals surface area contributed by atoms with Crippen molar-refractivity contribution in [2.75, 3.05) is 16.5 Å². The smallest absolute Gasteiger partial charge is 0.250 e. The third-order valence-corrected chi connectivity index (χ3v) is 8.35. The molecule has 7 rings (SSSR count). The van der Waals surface area contributed by atoms with Crippen LogP contribution in [-0.4, -0.2) is 18.4 Å². The Morgan fingerprint density at radius 2 is 1.38 bits per heavy atom. The minimum absolute atomic E-state index is 0.144. The molecule has 4 bridgehead atoms. The number of para-hydroxylation sites is 3. The minimum Gasteiger partial charge on any atom is -0.278 e. The summed E-state index contributed by atoms with van der Waals surface area (Å²) in [6, 6.07) is 17.3. The van der Waals surface area contributed by atoms with Gasteiger partial charge in [-0.15, -0.1) is 0 Å². The van der Waals surface area contributed by atoms with Crippen LogP contribution in [0.2, 0.25) is 0 Å².